The van der Waals surface area contributed by atoms with Gasteiger partial charge in [0.25, 0.3) is 5.91 Å². The Morgan fingerprint density at radius 1 is 0.800 bits per heavy atom. The number of nitrogens with zero attached hydrogens (tertiary/aromatic N) is 2. The largest absolute Gasteiger partial charge is 0.478 e. The highest BCUT2D eigenvalue weighted by molar-refractivity contribution is 6.30. The van der Waals surface area contributed by atoms with Crippen LogP contribution in [0.5, 0.6) is 0 Å². The SMILES string of the molecule is O=C(O)c1ccc(N2CCN(C(=O)c3ccccc3-c3ccc(Cl)cc3)CC2)cc1. The van der Waals surface area contributed by atoms with Crippen molar-refractivity contribution in [2.75, 3.05) is 31.1 Å². The van der Waals surface area contributed by atoms with Crippen LogP contribution >= 0.6 is 11.6 Å². The molecule has 1 aliphatic rings. The van der Waals surface area contributed by atoms with E-state index in [4.69, 9.17) is 16.7 Å². The van der Waals surface area contributed by atoms with Crippen LogP contribution in [0.25, 0.3) is 11.1 Å². The van der Waals surface area contributed by atoms with Crippen molar-refractivity contribution in [3.05, 3.63) is 88.9 Å². The van der Waals surface area contributed by atoms with Crippen molar-refractivity contribution < 1.29 is 14.7 Å². The van der Waals surface area contributed by atoms with Crippen LogP contribution in [0.3, 0.4) is 0 Å². The predicted octanol–water partition coefficient (Wildman–Crippen LogP) is 4.67. The van der Waals surface area contributed by atoms with Crippen molar-refractivity contribution in [1.29, 1.82) is 0 Å². The van der Waals surface area contributed by atoms with E-state index in [1.165, 1.54) is 0 Å². The van der Waals surface area contributed by atoms with Gasteiger partial charge in [-0.1, -0.05) is 41.9 Å². The lowest BCUT2D eigenvalue weighted by atomic mass is 9.98. The first-order valence-corrected chi connectivity index (χ1v) is 10.1. The average molecular weight is 421 g/mol. The summed E-state index contributed by atoms with van der Waals surface area (Å²) in [6.45, 7) is 2.60. The average Bonchev–Trinajstić information content (AvgIpc) is 2.79. The first-order valence-electron chi connectivity index (χ1n) is 9.75. The molecule has 0 atom stereocenters. The Bertz CT molecular complexity index is 1060. The second-order valence-corrected chi connectivity index (χ2v) is 7.62. The number of carbonyl (C=O) groups is 2. The van der Waals surface area contributed by atoms with E-state index in [0.29, 0.717) is 36.8 Å². The van der Waals surface area contributed by atoms with Gasteiger partial charge in [0.1, 0.15) is 0 Å². The molecule has 1 fully saturated rings. The number of benzene rings is 3. The topological polar surface area (TPSA) is 60.9 Å². The molecule has 1 heterocycles. The molecule has 1 amide bonds. The number of rotatable bonds is 4. The number of anilines is 1. The third-order valence-electron chi connectivity index (χ3n) is 5.36. The van der Waals surface area contributed by atoms with Gasteiger partial charge in [-0.15, -0.1) is 0 Å². The Morgan fingerprint density at radius 2 is 1.43 bits per heavy atom. The van der Waals surface area contributed by atoms with Crippen LogP contribution in [0.4, 0.5) is 5.69 Å². The molecule has 0 bridgehead atoms. The summed E-state index contributed by atoms with van der Waals surface area (Å²) in [7, 11) is 0. The second-order valence-electron chi connectivity index (χ2n) is 7.18. The first kappa shape index (κ1) is 20.0. The third kappa shape index (κ3) is 4.16. The fourth-order valence-corrected chi connectivity index (χ4v) is 3.83. The van der Waals surface area contributed by atoms with Crippen molar-refractivity contribution >= 4 is 29.2 Å². The summed E-state index contributed by atoms with van der Waals surface area (Å²) < 4.78 is 0. The Morgan fingerprint density at radius 3 is 2.07 bits per heavy atom. The molecular formula is C24H21ClN2O3. The molecule has 1 N–H and O–H groups in total. The molecule has 30 heavy (non-hydrogen) atoms. The lowest BCUT2D eigenvalue weighted by Gasteiger charge is -2.36. The van der Waals surface area contributed by atoms with Crippen LogP contribution in [0, 0.1) is 0 Å². The Balaban J connectivity index is 1.47. The van der Waals surface area contributed by atoms with Gasteiger partial charge >= 0.3 is 5.97 Å². The number of piperazine rings is 1. The molecule has 1 aliphatic heterocycles. The van der Waals surface area contributed by atoms with Crippen LogP contribution in [0.2, 0.25) is 5.02 Å². The van der Waals surface area contributed by atoms with Crippen molar-refractivity contribution in [1.82, 2.24) is 4.90 Å². The van der Waals surface area contributed by atoms with Crippen LogP contribution in [-0.4, -0.2) is 48.1 Å². The van der Waals surface area contributed by atoms with Crippen molar-refractivity contribution in [3.8, 4) is 11.1 Å². The van der Waals surface area contributed by atoms with Crippen molar-refractivity contribution in [2.45, 2.75) is 0 Å². The smallest absolute Gasteiger partial charge is 0.335 e. The molecule has 0 aromatic heterocycles. The summed E-state index contributed by atoms with van der Waals surface area (Å²) in [6, 6.07) is 22.0. The fraction of sp³-hybridized carbons (Fsp3) is 0.167. The van der Waals surface area contributed by atoms with Crippen molar-refractivity contribution in [2.24, 2.45) is 0 Å². The number of carboxylic acid groups (broad SMARTS) is 1. The lowest BCUT2D eigenvalue weighted by molar-refractivity contribution is 0.0695. The van der Waals surface area contributed by atoms with Gasteiger partial charge in [0.05, 0.1) is 5.56 Å². The van der Waals surface area contributed by atoms with Crippen LogP contribution in [-0.2, 0) is 0 Å². The minimum Gasteiger partial charge on any atom is -0.478 e. The highest BCUT2D eigenvalue weighted by Gasteiger charge is 2.24. The van der Waals surface area contributed by atoms with Crippen LogP contribution in [0.15, 0.2) is 72.8 Å². The molecule has 5 nitrogen and oxygen atoms in total. The van der Waals surface area contributed by atoms with Gasteiger partial charge in [0.15, 0.2) is 0 Å². The predicted molar refractivity (Wildman–Crippen MR) is 118 cm³/mol. The summed E-state index contributed by atoms with van der Waals surface area (Å²) in [6.07, 6.45) is 0. The molecule has 152 valence electrons. The summed E-state index contributed by atoms with van der Waals surface area (Å²) in [5, 5.41) is 9.71. The van der Waals surface area contributed by atoms with E-state index < -0.39 is 5.97 Å². The minimum atomic E-state index is -0.934. The highest BCUT2D eigenvalue weighted by atomic mass is 35.5. The Kier molecular flexibility index (Phi) is 5.72. The van der Waals surface area contributed by atoms with Gasteiger partial charge in [-0.05, 0) is 53.6 Å². The van der Waals surface area contributed by atoms with E-state index in [0.717, 1.165) is 16.8 Å². The fourth-order valence-electron chi connectivity index (χ4n) is 3.70. The zero-order chi connectivity index (χ0) is 21.1. The third-order valence-corrected chi connectivity index (χ3v) is 5.61. The minimum absolute atomic E-state index is 0.0152. The number of amides is 1. The van der Waals surface area contributed by atoms with E-state index in [9.17, 15) is 9.59 Å². The van der Waals surface area contributed by atoms with E-state index in [1.54, 1.807) is 12.1 Å². The molecule has 0 saturated carbocycles. The molecule has 0 unspecified atom stereocenters. The Labute approximate surface area is 180 Å². The highest BCUT2D eigenvalue weighted by Crippen LogP contribution is 2.27. The quantitative estimate of drug-likeness (QED) is 0.666. The molecule has 3 aromatic carbocycles. The molecule has 6 heteroatoms. The summed E-state index contributed by atoms with van der Waals surface area (Å²) >= 11 is 6.00. The van der Waals surface area contributed by atoms with Gasteiger partial charge < -0.3 is 14.9 Å². The normalized spacial score (nSPS) is 13.9. The van der Waals surface area contributed by atoms with E-state index in [1.807, 2.05) is 65.6 Å². The van der Waals surface area contributed by atoms with Gasteiger partial charge in [-0.2, -0.15) is 0 Å². The molecule has 3 aromatic rings. The van der Waals surface area contributed by atoms with Crippen molar-refractivity contribution in [3.63, 3.8) is 0 Å². The first-order chi connectivity index (χ1) is 14.5. The molecule has 1 saturated heterocycles. The lowest BCUT2D eigenvalue weighted by Crippen LogP contribution is -2.48. The van der Waals surface area contributed by atoms with E-state index in [-0.39, 0.29) is 11.5 Å². The maximum atomic E-state index is 13.2. The monoisotopic (exact) mass is 420 g/mol. The molecule has 0 aliphatic carbocycles. The number of hydrogen-bond donors (Lipinski definition) is 1. The number of carboxylic acids is 1. The zero-order valence-corrected chi connectivity index (χ0v) is 17.0. The number of carbonyl (C=O) groups excluding carboxylic acids is 1. The number of hydrogen-bond acceptors (Lipinski definition) is 3. The molecule has 0 spiro atoms. The standard InChI is InChI=1S/C24H21ClN2O3/c25-19-9-5-17(6-10-19)21-3-1-2-4-22(21)23(28)27-15-13-26(14-16-27)20-11-7-18(8-12-20)24(29)30/h1-12H,13-16H2,(H,29,30). The summed E-state index contributed by atoms with van der Waals surface area (Å²) in [5.74, 6) is -0.919. The summed E-state index contributed by atoms with van der Waals surface area (Å²) in [4.78, 5) is 28.3. The van der Waals surface area contributed by atoms with Gasteiger partial charge in [0.2, 0.25) is 0 Å². The van der Waals surface area contributed by atoms with Crippen LogP contribution < -0.4 is 4.90 Å². The van der Waals surface area contributed by atoms with Gasteiger partial charge in [-0.3, -0.25) is 4.79 Å². The maximum Gasteiger partial charge on any atom is 0.335 e. The van der Waals surface area contributed by atoms with Crippen LogP contribution in [0.1, 0.15) is 20.7 Å². The molecule has 4 rings (SSSR count). The van der Waals surface area contributed by atoms with Gasteiger partial charge in [0, 0.05) is 42.5 Å². The Hall–Kier alpha value is -3.31. The van der Waals surface area contributed by atoms with Gasteiger partial charge in [-0.25, -0.2) is 4.79 Å². The molecule has 0 radical (unpaired) electrons. The number of halogens is 1. The molecular weight excluding hydrogens is 400 g/mol. The maximum absolute atomic E-state index is 13.2. The van der Waals surface area contributed by atoms with E-state index >= 15 is 0 Å². The number of aromatic carboxylic acids is 1. The van der Waals surface area contributed by atoms with E-state index in [2.05, 4.69) is 4.90 Å². The zero-order valence-electron chi connectivity index (χ0n) is 16.3. The second kappa shape index (κ2) is 8.59. The summed E-state index contributed by atoms with van der Waals surface area (Å²) in [5.41, 5.74) is 3.77.